The van der Waals surface area contributed by atoms with E-state index in [0.717, 1.165) is 6.20 Å². The number of aryl methyl sites for hydroxylation is 1. The number of halogens is 1. The van der Waals surface area contributed by atoms with E-state index in [1.54, 1.807) is 6.92 Å². The van der Waals surface area contributed by atoms with Crippen molar-refractivity contribution in [1.82, 2.24) is 9.55 Å². The minimum atomic E-state index is -2.55. The molecule has 96 valence electrons. The summed E-state index contributed by atoms with van der Waals surface area (Å²) in [6.07, 6.45) is 0.394. The van der Waals surface area contributed by atoms with E-state index in [2.05, 4.69) is 4.98 Å². The van der Waals surface area contributed by atoms with Crippen LogP contribution >= 0.6 is 20.2 Å². The molecule has 1 aromatic rings. The third kappa shape index (κ3) is 3.86. The summed E-state index contributed by atoms with van der Waals surface area (Å²) in [4.78, 5) is 31.4. The molecule has 0 aliphatic rings. The lowest BCUT2D eigenvalue weighted by Gasteiger charge is -2.14. The van der Waals surface area contributed by atoms with Gasteiger partial charge in [-0.15, -0.1) is 11.6 Å². The van der Waals surface area contributed by atoms with Crippen LogP contribution in [0.2, 0.25) is 0 Å². The molecule has 0 amide bonds. The highest BCUT2D eigenvalue weighted by Gasteiger charge is 2.23. The van der Waals surface area contributed by atoms with Gasteiger partial charge in [0.2, 0.25) is 0 Å². The smallest absolute Gasteiger partial charge is 0.342 e. The molecule has 0 saturated carbocycles. The Morgan fingerprint density at radius 3 is 2.88 bits per heavy atom. The van der Waals surface area contributed by atoms with Gasteiger partial charge in [-0.3, -0.25) is 0 Å². The highest BCUT2D eigenvalue weighted by molar-refractivity contribution is 7.39. The number of rotatable bonds is 6. The van der Waals surface area contributed by atoms with E-state index >= 15 is 0 Å². The molecule has 17 heavy (non-hydrogen) atoms. The molecule has 2 N–H and O–H groups in total. The predicted molar refractivity (Wildman–Crippen MR) is 60.6 cm³/mol. The SMILES string of the molecule is Cc1ncc([N+](=O)[O-])n1C[C@@H](CCl)OP(O)O. The summed E-state index contributed by atoms with van der Waals surface area (Å²) in [6.45, 7) is 1.63. The molecule has 0 saturated heterocycles. The monoisotopic (exact) mass is 283 g/mol. The van der Waals surface area contributed by atoms with Crippen LogP contribution in [-0.2, 0) is 11.1 Å². The van der Waals surface area contributed by atoms with E-state index in [1.807, 2.05) is 0 Å². The fraction of sp³-hybridized carbons (Fsp3) is 0.571. The third-order valence-corrected chi connectivity index (χ3v) is 2.85. The van der Waals surface area contributed by atoms with Crippen molar-refractivity contribution in [2.24, 2.45) is 0 Å². The zero-order valence-corrected chi connectivity index (χ0v) is 10.5. The summed E-state index contributed by atoms with van der Waals surface area (Å²) in [6, 6.07) is 0. The van der Waals surface area contributed by atoms with E-state index in [9.17, 15) is 10.1 Å². The van der Waals surface area contributed by atoms with Crippen LogP contribution in [0.25, 0.3) is 0 Å². The molecule has 1 rings (SSSR count). The van der Waals surface area contributed by atoms with Crippen LogP contribution in [0.4, 0.5) is 5.82 Å². The Kier molecular flexibility index (Phi) is 5.23. The molecular weight excluding hydrogens is 273 g/mol. The van der Waals surface area contributed by atoms with Gasteiger partial charge in [0.25, 0.3) is 0 Å². The third-order valence-electron chi connectivity index (χ3n) is 2.02. The molecule has 8 nitrogen and oxygen atoms in total. The largest absolute Gasteiger partial charge is 0.358 e. The lowest BCUT2D eigenvalue weighted by Crippen LogP contribution is -2.21. The Balaban J connectivity index is 2.85. The van der Waals surface area contributed by atoms with E-state index in [0.29, 0.717) is 5.82 Å². The van der Waals surface area contributed by atoms with Gasteiger partial charge < -0.3 is 24.4 Å². The molecule has 10 heteroatoms. The summed E-state index contributed by atoms with van der Waals surface area (Å²) in [7, 11) is -2.55. The Morgan fingerprint density at radius 1 is 1.76 bits per heavy atom. The molecule has 0 bridgehead atoms. The summed E-state index contributed by atoms with van der Waals surface area (Å²) in [5.41, 5.74) is 0. The Labute approximate surface area is 103 Å². The summed E-state index contributed by atoms with van der Waals surface area (Å²) >= 11 is 5.57. The van der Waals surface area contributed by atoms with Gasteiger partial charge in [0.15, 0.2) is 5.82 Å². The maximum atomic E-state index is 10.7. The summed E-state index contributed by atoms with van der Waals surface area (Å²) < 4.78 is 6.03. The molecule has 0 aromatic carbocycles. The lowest BCUT2D eigenvalue weighted by molar-refractivity contribution is -0.392. The average molecular weight is 284 g/mol. The van der Waals surface area contributed by atoms with E-state index < -0.39 is 19.6 Å². The van der Waals surface area contributed by atoms with Gasteiger partial charge in [-0.2, -0.15) is 0 Å². The number of aromatic nitrogens is 2. The van der Waals surface area contributed by atoms with Crippen molar-refractivity contribution in [1.29, 1.82) is 0 Å². The van der Waals surface area contributed by atoms with Crippen molar-refractivity contribution in [3.63, 3.8) is 0 Å². The molecule has 0 aliphatic heterocycles. The second-order valence-corrected chi connectivity index (χ2v) is 4.19. The fourth-order valence-corrected chi connectivity index (χ4v) is 1.93. The van der Waals surface area contributed by atoms with Crippen LogP contribution in [0.5, 0.6) is 0 Å². The molecule has 1 atom stereocenters. The van der Waals surface area contributed by atoms with Crippen LogP contribution < -0.4 is 0 Å². The average Bonchev–Trinajstić information content (AvgIpc) is 2.59. The molecule has 0 radical (unpaired) electrons. The zero-order valence-electron chi connectivity index (χ0n) is 8.85. The standard InChI is InChI=1S/C7H11ClN3O5P/c1-5-9-3-7(11(12)13)10(5)4-6(2-8)16-17(14)15/h3,6,14-15H,2,4H2,1H3/t6-/m1/s1. The molecule has 0 spiro atoms. The number of hydrogen-bond donors (Lipinski definition) is 2. The van der Waals surface area contributed by atoms with Gasteiger partial charge in [-0.05, 0) is 4.92 Å². The van der Waals surface area contributed by atoms with Crippen molar-refractivity contribution in [3.05, 3.63) is 22.1 Å². The second kappa shape index (κ2) is 6.23. The normalized spacial score (nSPS) is 13.0. The van der Waals surface area contributed by atoms with Crippen LogP contribution in [0.15, 0.2) is 6.20 Å². The summed E-state index contributed by atoms with van der Waals surface area (Å²) in [5.74, 6) is 0.214. The number of hydrogen-bond acceptors (Lipinski definition) is 6. The molecule has 0 aliphatic carbocycles. The first kappa shape index (κ1) is 14.3. The van der Waals surface area contributed by atoms with Gasteiger partial charge in [0.1, 0.15) is 18.8 Å². The fourth-order valence-electron chi connectivity index (χ4n) is 1.27. The second-order valence-electron chi connectivity index (χ2n) is 3.17. The van der Waals surface area contributed by atoms with Gasteiger partial charge in [0.05, 0.1) is 5.88 Å². The minimum absolute atomic E-state index is 0.0191. The first-order chi connectivity index (χ1) is 7.95. The molecule has 1 aromatic heterocycles. The topological polar surface area (TPSA) is 111 Å². The van der Waals surface area contributed by atoms with E-state index in [1.165, 1.54) is 4.57 Å². The van der Waals surface area contributed by atoms with Crippen LogP contribution in [0.3, 0.4) is 0 Å². The number of nitro groups is 1. The quantitative estimate of drug-likeness (QED) is 0.348. The minimum Gasteiger partial charge on any atom is -0.358 e. The Bertz CT molecular complexity index is 399. The Morgan fingerprint density at radius 2 is 2.41 bits per heavy atom. The van der Waals surface area contributed by atoms with Crippen LogP contribution in [0.1, 0.15) is 5.82 Å². The number of imidazole rings is 1. The molecule has 0 unspecified atom stereocenters. The van der Waals surface area contributed by atoms with Crippen LogP contribution in [-0.4, -0.2) is 36.2 Å². The first-order valence-electron chi connectivity index (χ1n) is 4.52. The molecule has 1 heterocycles. The van der Waals surface area contributed by atoms with Crippen molar-refractivity contribution in [3.8, 4) is 0 Å². The van der Waals surface area contributed by atoms with Crippen molar-refractivity contribution >= 4 is 26.0 Å². The predicted octanol–water partition coefficient (Wildman–Crippen LogP) is 0.935. The van der Waals surface area contributed by atoms with Crippen molar-refractivity contribution < 1.29 is 19.2 Å². The van der Waals surface area contributed by atoms with Crippen molar-refractivity contribution in [2.75, 3.05) is 5.88 Å². The molecule has 0 fully saturated rings. The number of alkyl halides is 1. The van der Waals surface area contributed by atoms with Gasteiger partial charge >= 0.3 is 14.4 Å². The highest BCUT2D eigenvalue weighted by Crippen LogP contribution is 2.28. The maximum absolute atomic E-state index is 10.7. The lowest BCUT2D eigenvalue weighted by atomic mass is 10.4. The van der Waals surface area contributed by atoms with Gasteiger partial charge in [0, 0.05) is 6.92 Å². The summed E-state index contributed by atoms with van der Waals surface area (Å²) in [5, 5.41) is 10.7. The van der Waals surface area contributed by atoms with E-state index in [-0.39, 0.29) is 18.2 Å². The van der Waals surface area contributed by atoms with Gasteiger partial charge in [-0.1, -0.05) is 0 Å². The molecular formula is C7H11ClN3O5P. The van der Waals surface area contributed by atoms with Gasteiger partial charge in [-0.25, -0.2) is 9.55 Å². The zero-order chi connectivity index (χ0) is 13.0. The van der Waals surface area contributed by atoms with Crippen LogP contribution in [0, 0.1) is 17.0 Å². The maximum Gasteiger partial charge on any atom is 0.342 e. The van der Waals surface area contributed by atoms with Crippen molar-refractivity contribution in [2.45, 2.75) is 19.6 Å². The van der Waals surface area contributed by atoms with E-state index in [4.69, 9.17) is 25.9 Å². The number of nitrogens with zero attached hydrogens (tertiary/aromatic N) is 3. The highest BCUT2D eigenvalue weighted by atomic mass is 35.5. The Hall–Kier alpha value is -0.790. The first-order valence-corrected chi connectivity index (χ1v) is 6.22.